The Bertz CT molecular complexity index is 561. The van der Waals surface area contributed by atoms with Crippen molar-refractivity contribution in [1.82, 2.24) is 5.32 Å². The number of nitrogens with one attached hydrogen (secondary N) is 1. The van der Waals surface area contributed by atoms with Gasteiger partial charge >= 0.3 is 5.97 Å². The quantitative estimate of drug-likeness (QED) is 0.207. The maximum Gasteiger partial charge on any atom is 0.335 e. The molecule has 8 N–H and O–H groups in total. The van der Waals surface area contributed by atoms with Gasteiger partial charge in [0.15, 0.2) is 18.7 Å². The van der Waals surface area contributed by atoms with Gasteiger partial charge in [0.05, 0.1) is 6.61 Å². The number of aliphatic carboxylic acids is 1. The average Bonchev–Trinajstić information content (AvgIpc) is 2.66. The molecule has 0 unspecified atom stereocenters. The number of rotatable bonds is 6. The van der Waals surface area contributed by atoms with Crippen LogP contribution < -0.4 is 5.32 Å². The van der Waals surface area contributed by atoms with Gasteiger partial charge in [-0.15, -0.1) is 0 Å². The molecule has 0 aromatic carbocycles. The minimum atomic E-state index is -1.95. The summed E-state index contributed by atoms with van der Waals surface area (Å²) in [5.41, 5.74) is 0. The lowest BCUT2D eigenvalue weighted by Gasteiger charge is -2.46. The fraction of sp³-hybridized carbons (Fsp3) is 0.867. The lowest BCUT2D eigenvalue weighted by molar-refractivity contribution is -0.336. The van der Waals surface area contributed by atoms with Crippen LogP contribution in [0.5, 0.6) is 0 Å². The van der Waals surface area contributed by atoms with Gasteiger partial charge in [-0.3, -0.25) is 4.79 Å². The van der Waals surface area contributed by atoms with Crippen molar-refractivity contribution in [2.75, 3.05) is 6.61 Å². The molecule has 10 atom stereocenters. The Kier molecular flexibility index (Phi) is 7.66. The van der Waals surface area contributed by atoms with Crippen LogP contribution in [0.15, 0.2) is 0 Å². The average molecular weight is 411 g/mol. The van der Waals surface area contributed by atoms with Gasteiger partial charge in [0.25, 0.3) is 0 Å². The molecule has 1 amide bonds. The standard InChI is InChI=1S/C15H25NO12/c1-2-5(18)16-6-11(7(19)4(3-17)26-14(6)25)27-15-10(22)8(20)9(21)12(28-15)13(23)24/h4,6-12,14-15,17,19-22,25H,2-3H2,1H3,(H,16,18)(H,23,24)/t4-,6-,7+,8+,9+,10-,11-,12+,14-,15-/m1/s1. The highest BCUT2D eigenvalue weighted by atomic mass is 16.7. The zero-order chi connectivity index (χ0) is 21.2. The number of carboxylic acids is 1. The van der Waals surface area contributed by atoms with E-state index < -0.39 is 79.8 Å². The Labute approximate surface area is 159 Å². The highest BCUT2D eigenvalue weighted by Gasteiger charge is 2.52. The van der Waals surface area contributed by atoms with E-state index in [0.29, 0.717) is 0 Å². The predicted molar refractivity (Wildman–Crippen MR) is 85.4 cm³/mol. The number of aliphatic hydroxyl groups is 6. The summed E-state index contributed by atoms with van der Waals surface area (Å²) in [7, 11) is 0. The summed E-state index contributed by atoms with van der Waals surface area (Å²) in [5, 5.41) is 70.8. The molecule has 0 aromatic heterocycles. The second kappa shape index (κ2) is 9.39. The van der Waals surface area contributed by atoms with Crippen LogP contribution in [0.3, 0.4) is 0 Å². The molecule has 0 bridgehead atoms. The van der Waals surface area contributed by atoms with Crippen molar-refractivity contribution >= 4 is 11.9 Å². The van der Waals surface area contributed by atoms with Gasteiger partial charge in [0, 0.05) is 6.42 Å². The van der Waals surface area contributed by atoms with Gasteiger partial charge < -0.3 is 55.3 Å². The van der Waals surface area contributed by atoms with E-state index in [9.17, 15) is 40.2 Å². The van der Waals surface area contributed by atoms with E-state index in [1.807, 2.05) is 0 Å². The van der Waals surface area contributed by atoms with Crippen molar-refractivity contribution in [3.8, 4) is 0 Å². The lowest BCUT2D eigenvalue weighted by atomic mass is 9.95. The van der Waals surface area contributed by atoms with Gasteiger partial charge in [-0.2, -0.15) is 0 Å². The van der Waals surface area contributed by atoms with E-state index in [-0.39, 0.29) is 6.42 Å². The van der Waals surface area contributed by atoms with Crippen molar-refractivity contribution in [3.63, 3.8) is 0 Å². The summed E-state index contributed by atoms with van der Waals surface area (Å²) < 4.78 is 15.4. The van der Waals surface area contributed by atoms with Gasteiger partial charge in [-0.1, -0.05) is 6.92 Å². The molecule has 2 saturated heterocycles. The summed E-state index contributed by atoms with van der Waals surface area (Å²) in [4.78, 5) is 22.9. The number of amides is 1. The van der Waals surface area contributed by atoms with E-state index in [2.05, 4.69) is 5.32 Å². The van der Waals surface area contributed by atoms with Crippen molar-refractivity contribution in [1.29, 1.82) is 0 Å². The molecule has 2 rings (SSSR count). The van der Waals surface area contributed by atoms with Crippen LogP contribution in [0.1, 0.15) is 13.3 Å². The maximum absolute atomic E-state index is 11.7. The Morgan fingerprint density at radius 1 is 1.00 bits per heavy atom. The van der Waals surface area contributed by atoms with E-state index in [1.165, 1.54) is 6.92 Å². The van der Waals surface area contributed by atoms with Crippen molar-refractivity contribution in [3.05, 3.63) is 0 Å². The van der Waals surface area contributed by atoms with E-state index in [1.54, 1.807) is 0 Å². The van der Waals surface area contributed by atoms with E-state index in [4.69, 9.17) is 19.3 Å². The molecule has 0 spiro atoms. The first-order chi connectivity index (χ1) is 13.1. The number of carbonyl (C=O) groups is 2. The molecule has 0 aliphatic carbocycles. The maximum atomic E-state index is 11.7. The van der Waals surface area contributed by atoms with Crippen molar-refractivity contribution < 1.29 is 59.5 Å². The number of carbonyl (C=O) groups excluding carboxylic acids is 1. The van der Waals surface area contributed by atoms with Gasteiger partial charge in [0.1, 0.15) is 42.7 Å². The fourth-order valence-corrected chi connectivity index (χ4v) is 3.01. The Balaban J connectivity index is 2.26. The minimum absolute atomic E-state index is 0.0179. The lowest BCUT2D eigenvalue weighted by Crippen LogP contribution is -2.68. The number of ether oxygens (including phenoxy) is 3. The highest BCUT2D eigenvalue weighted by molar-refractivity contribution is 5.76. The zero-order valence-corrected chi connectivity index (χ0v) is 14.9. The molecular weight excluding hydrogens is 386 g/mol. The first-order valence-corrected chi connectivity index (χ1v) is 8.62. The first-order valence-electron chi connectivity index (χ1n) is 8.62. The molecule has 2 aliphatic rings. The Morgan fingerprint density at radius 3 is 2.18 bits per heavy atom. The topological polar surface area (TPSA) is 215 Å². The molecule has 0 saturated carbocycles. The van der Waals surface area contributed by atoms with Crippen LogP contribution in [0.2, 0.25) is 0 Å². The molecule has 2 heterocycles. The molecule has 13 nitrogen and oxygen atoms in total. The summed E-state index contributed by atoms with van der Waals surface area (Å²) in [6, 6.07) is -1.37. The molecule has 2 fully saturated rings. The smallest absolute Gasteiger partial charge is 0.335 e. The molecule has 0 radical (unpaired) electrons. The SMILES string of the molecule is CCC(=O)N[C@@H]1[C@@H](O[C@@H]2O[C@H](C(=O)O)[C@@H](O)[C@H](O)[C@H]2O)[C@@H](O)[C@@H](CO)O[C@H]1O. The van der Waals surface area contributed by atoms with Crippen LogP contribution in [0.4, 0.5) is 0 Å². The first kappa shape index (κ1) is 22.9. The summed E-state index contributed by atoms with van der Waals surface area (Å²) in [5.74, 6) is -2.18. The molecular formula is C15H25NO12. The largest absolute Gasteiger partial charge is 0.479 e. The van der Waals surface area contributed by atoms with Crippen LogP contribution in [0.25, 0.3) is 0 Å². The normalized spacial score (nSPS) is 44.1. The monoisotopic (exact) mass is 411 g/mol. The van der Waals surface area contributed by atoms with Crippen molar-refractivity contribution in [2.45, 2.75) is 74.7 Å². The van der Waals surface area contributed by atoms with Crippen LogP contribution in [-0.2, 0) is 23.8 Å². The van der Waals surface area contributed by atoms with Gasteiger partial charge in [-0.05, 0) is 0 Å². The molecule has 13 heteroatoms. The third-order valence-electron chi connectivity index (χ3n) is 4.63. The van der Waals surface area contributed by atoms with Crippen molar-refractivity contribution in [2.24, 2.45) is 0 Å². The second-order valence-corrected chi connectivity index (χ2v) is 6.52. The van der Waals surface area contributed by atoms with Crippen LogP contribution >= 0.6 is 0 Å². The van der Waals surface area contributed by atoms with Crippen LogP contribution in [-0.4, -0.2) is 116 Å². The summed E-state index contributed by atoms with van der Waals surface area (Å²) in [6.07, 6.45) is -15.7. The molecule has 0 aromatic rings. The van der Waals surface area contributed by atoms with E-state index in [0.717, 1.165) is 0 Å². The molecule has 28 heavy (non-hydrogen) atoms. The Morgan fingerprint density at radius 2 is 1.64 bits per heavy atom. The molecule has 2 aliphatic heterocycles. The van der Waals surface area contributed by atoms with Crippen LogP contribution in [0, 0.1) is 0 Å². The number of carboxylic acid groups (broad SMARTS) is 1. The summed E-state index contributed by atoms with van der Waals surface area (Å²) >= 11 is 0. The minimum Gasteiger partial charge on any atom is -0.479 e. The third-order valence-corrected chi connectivity index (χ3v) is 4.63. The highest BCUT2D eigenvalue weighted by Crippen LogP contribution is 2.28. The van der Waals surface area contributed by atoms with Gasteiger partial charge in [-0.25, -0.2) is 4.79 Å². The zero-order valence-electron chi connectivity index (χ0n) is 14.9. The van der Waals surface area contributed by atoms with Gasteiger partial charge in [0.2, 0.25) is 5.91 Å². The number of hydrogen-bond acceptors (Lipinski definition) is 11. The second-order valence-electron chi connectivity index (χ2n) is 6.52. The summed E-state index contributed by atoms with van der Waals surface area (Å²) in [6.45, 7) is 0.803. The fourth-order valence-electron chi connectivity index (χ4n) is 3.01. The number of hydrogen-bond donors (Lipinski definition) is 8. The molecule has 162 valence electrons. The third kappa shape index (κ3) is 4.59. The Hall–Kier alpha value is -1.42. The van der Waals surface area contributed by atoms with E-state index >= 15 is 0 Å². The number of aliphatic hydroxyl groups excluding tert-OH is 6. The predicted octanol–water partition coefficient (Wildman–Crippen LogP) is -4.77.